The molecule has 0 atom stereocenters. The Kier molecular flexibility index (Phi) is 6.11. The molecule has 0 aromatic rings. The number of amidine groups is 1. The van der Waals surface area contributed by atoms with Crippen LogP contribution in [0.5, 0.6) is 0 Å². The molecule has 3 heteroatoms. The first kappa shape index (κ1) is 15.1. The highest BCUT2D eigenvalue weighted by atomic mass is 16.2. The second-order valence-corrected chi connectivity index (χ2v) is 5.89. The fraction of sp³-hybridized carbons (Fsp3) is 0.765. The SMILES string of the molecule is C1#CCCCC1.CC1=NCCN1C(=O)CC1CCCC1. The van der Waals surface area contributed by atoms with Gasteiger partial charge in [-0.05, 0) is 38.5 Å². The zero-order valence-electron chi connectivity index (χ0n) is 12.7. The molecule has 20 heavy (non-hydrogen) atoms. The molecule has 0 unspecified atom stereocenters. The van der Waals surface area contributed by atoms with Crippen LogP contribution in [0, 0.1) is 17.8 Å². The molecule has 1 heterocycles. The smallest absolute Gasteiger partial charge is 0.228 e. The summed E-state index contributed by atoms with van der Waals surface area (Å²) in [5.74, 6) is 7.92. The minimum atomic E-state index is 0.288. The first-order valence-corrected chi connectivity index (χ1v) is 8.04. The first-order chi connectivity index (χ1) is 9.77. The maximum Gasteiger partial charge on any atom is 0.228 e. The van der Waals surface area contributed by atoms with Crippen molar-refractivity contribution < 1.29 is 4.79 Å². The van der Waals surface area contributed by atoms with Crippen molar-refractivity contribution in [1.29, 1.82) is 0 Å². The number of rotatable bonds is 2. The number of amides is 1. The topological polar surface area (TPSA) is 32.7 Å². The van der Waals surface area contributed by atoms with E-state index in [9.17, 15) is 4.79 Å². The Morgan fingerprint density at radius 1 is 1.20 bits per heavy atom. The molecule has 0 bridgehead atoms. The molecular formula is C17H26N2O. The molecule has 0 radical (unpaired) electrons. The zero-order valence-corrected chi connectivity index (χ0v) is 12.7. The van der Waals surface area contributed by atoms with Crippen molar-refractivity contribution in [2.75, 3.05) is 13.1 Å². The third-order valence-corrected chi connectivity index (χ3v) is 4.27. The Labute approximate surface area is 122 Å². The molecule has 0 saturated heterocycles. The van der Waals surface area contributed by atoms with E-state index in [1.54, 1.807) is 0 Å². The van der Waals surface area contributed by atoms with Gasteiger partial charge in [0.15, 0.2) is 0 Å². The summed E-state index contributed by atoms with van der Waals surface area (Å²) < 4.78 is 0. The summed E-state index contributed by atoms with van der Waals surface area (Å²) in [6.07, 6.45) is 10.8. The van der Waals surface area contributed by atoms with Gasteiger partial charge in [0.1, 0.15) is 5.84 Å². The molecule has 1 amide bonds. The van der Waals surface area contributed by atoms with E-state index in [-0.39, 0.29) is 5.91 Å². The molecule has 1 saturated carbocycles. The lowest BCUT2D eigenvalue weighted by Crippen LogP contribution is -2.33. The van der Waals surface area contributed by atoms with Gasteiger partial charge in [-0.15, -0.1) is 11.8 Å². The highest BCUT2D eigenvalue weighted by Crippen LogP contribution is 2.28. The molecule has 2 aliphatic carbocycles. The van der Waals surface area contributed by atoms with Crippen molar-refractivity contribution in [2.24, 2.45) is 10.9 Å². The van der Waals surface area contributed by atoms with E-state index in [0.717, 1.165) is 38.2 Å². The summed E-state index contributed by atoms with van der Waals surface area (Å²) in [7, 11) is 0. The van der Waals surface area contributed by atoms with Gasteiger partial charge >= 0.3 is 0 Å². The van der Waals surface area contributed by atoms with Gasteiger partial charge in [-0.25, -0.2) is 0 Å². The normalized spacial score (nSPS) is 21.6. The third-order valence-electron chi connectivity index (χ3n) is 4.27. The van der Waals surface area contributed by atoms with Crippen molar-refractivity contribution in [2.45, 2.75) is 64.7 Å². The number of carbonyl (C=O) groups excluding carboxylic acids is 1. The quantitative estimate of drug-likeness (QED) is 0.710. The highest BCUT2D eigenvalue weighted by molar-refractivity contribution is 5.98. The molecule has 0 spiro atoms. The van der Waals surface area contributed by atoms with Crippen LogP contribution in [0.25, 0.3) is 0 Å². The van der Waals surface area contributed by atoms with Crippen molar-refractivity contribution >= 4 is 11.7 Å². The Bertz CT molecular complexity index is 400. The van der Waals surface area contributed by atoms with E-state index in [4.69, 9.17) is 0 Å². The lowest BCUT2D eigenvalue weighted by Gasteiger charge is -2.18. The first-order valence-electron chi connectivity index (χ1n) is 8.04. The summed E-state index contributed by atoms with van der Waals surface area (Å²) in [6.45, 7) is 3.53. The van der Waals surface area contributed by atoms with Crippen LogP contribution in [0.1, 0.15) is 64.7 Å². The van der Waals surface area contributed by atoms with Crippen LogP contribution in [0.4, 0.5) is 0 Å². The standard InChI is InChI=1S/C11H18N2O.C6H8/c1-9-12-6-7-13(9)11(14)8-10-4-2-3-5-10;1-2-4-6-5-3-1/h10H,2-8H2,1H3;1-4H2. The van der Waals surface area contributed by atoms with Gasteiger partial charge in [-0.1, -0.05) is 12.8 Å². The number of carbonyl (C=O) groups is 1. The monoisotopic (exact) mass is 274 g/mol. The zero-order chi connectivity index (χ0) is 14.2. The second kappa shape index (κ2) is 8.09. The third kappa shape index (κ3) is 4.67. The Morgan fingerprint density at radius 2 is 1.85 bits per heavy atom. The van der Waals surface area contributed by atoms with Gasteiger partial charge in [-0.3, -0.25) is 14.7 Å². The number of hydrogen-bond donors (Lipinski definition) is 0. The minimum absolute atomic E-state index is 0.288. The van der Waals surface area contributed by atoms with Gasteiger partial charge in [0.25, 0.3) is 0 Å². The van der Waals surface area contributed by atoms with Gasteiger partial charge in [0.05, 0.1) is 6.54 Å². The van der Waals surface area contributed by atoms with Crippen LogP contribution >= 0.6 is 0 Å². The molecule has 3 rings (SSSR count). The lowest BCUT2D eigenvalue weighted by molar-refractivity contribution is -0.127. The van der Waals surface area contributed by atoms with E-state index < -0.39 is 0 Å². The average Bonchev–Trinajstić information content (AvgIpc) is 3.13. The molecule has 3 aliphatic rings. The molecule has 3 nitrogen and oxygen atoms in total. The van der Waals surface area contributed by atoms with E-state index in [1.807, 2.05) is 11.8 Å². The largest absolute Gasteiger partial charge is 0.299 e. The predicted octanol–water partition coefficient (Wildman–Crippen LogP) is 3.39. The summed E-state index contributed by atoms with van der Waals surface area (Å²) in [4.78, 5) is 17.9. The fourth-order valence-corrected chi connectivity index (χ4v) is 3.04. The Morgan fingerprint density at radius 3 is 2.30 bits per heavy atom. The number of aliphatic imine (C=N–C) groups is 1. The maximum atomic E-state index is 11.9. The van der Waals surface area contributed by atoms with E-state index in [2.05, 4.69) is 16.8 Å². The van der Waals surface area contributed by atoms with Gasteiger partial charge < -0.3 is 0 Å². The molecule has 0 N–H and O–H groups in total. The van der Waals surface area contributed by atoms with Crippen LogP contribution in [0.3, 0.4) is 0 Å². The summed E-state index contributed by atoms with van der Waals surface area (Å²) in [5, 5.41) is 0. The van der Waals surface area contributed by atoms with Crippen molar-refractivity contribution in [1.82, 2.24) is 4.90 Å². The molecular weight excluding hydrogens is 248 g/mol. The van der Waals surface area contributed by atoms with Crippen LogP contribution in [0.15, 0.2) is 4.99 Å². The second-order valence-electron chi connectivity index (χ2n) is 5.89. The molecule has 1 fully saturated rings. The predicted molar refractivity (Wildman–Crippen MR) is 82.5 cm³/mol. The van der Waals surface area contributed by atoms with Crippen molar-refractivity contribution in [3.63, 3.8) is 0 Å². The Balaban J connectivity index is 0.000000205. The van der Waals surface area contributed by atoms with Crippen LogP contribution in [0.2, 0.25) is 0 Å². The number of hydrogen-bond acceptors (Lipinski definition) is 2. The van der Waals surface area contributed by atoms with Crippen LogP contribution in [-0.4, -0.2) is 29.7 Å². The average molecular weight is 274 g/mol. The summed E-state index contributed by atoms with van der Waals surface area (Å²) >= 11 is 0. The number of nitrogens with zero attached hydrogens (tertiary/aromatic N) is 2. The van der Waals surface area contributed by atoms with E-state index in [0.29, 0.717) is 5.92 Å². The molecule has 110 valence electrons. The van der Waals surface area contributed by atoms with Crippen molar-refractivity contribution in [3.05, 3.63) is 0 Å². The minimum Gasteiger partial charge on any atom is -0.299 e. The molecule has 1 aliphatic heterocycles. The van der Waals surface area contributed by atoms with Gasteiger partial charge in [-0.2, -0.15) is 0 Å². The maximum absolute atomic E-state index is 11.9. The van der Waals surface area contributed by atoms with E-state index in [1.165, 1.54) is 38.5 Å². The molecule has 0 aromatic carbocycles. The summed E-state index contributed by atoms with van der Waals surface area (Å²) in [6, 6.07) is 0. The summed E-state index contributed by atoms with van der Waals surface area (Å²) in [5.41, 5.74) is 0. The van der Waals surface area contributed by atoms with Gasteiger partial charge in [0.2, 0.25) is 5.91 Å². The Hall–Kier alpha value is -1.30. The van der Waals surface area contributed by atoms with Gasteiger partial charge in [0, 0.05) is 25.8 Å². The fourth-order valence-electron chi connectivity index (χ4n) is 3.04. The highest BCUT2D eigenvalue weighted by Gasteiger charge is 2.24. The van der Waals surface area contributed by atoms with Crippen LogP contribution < -0.4 is 0 Å². The van der Waals surface area contributed by atoms with Crippen LogP contribution in [-0.2, 0) is 4.79 Å². The van der Waals surface area contributed by atoms with Crippen molar-refractivity contribution in [3.8, 4) is 11.8 Å². The lowest BCUT2D eigenvalue weighted by atomic mass is 10.0. The van der Waals surface area contributed by atoms with E-state index >= 15 is 0 Å². The molecule has 0 aromatic heterocycles.